The van der Waals surface area contributed by atoms with Crippen LogP contribution in [0, 0.1) is 17.8 Å². The van der Waals surface area contributed by atoms with Crippen LogP contribution in [0.5, 0.6) is 11.5 Å². The van der Waals surface area contributed by atoms with Crippen LogP contribution < -0.4 is 14.4 Å². The van der Waals surface area contributed by atoms with Gasteiger partial charge < -0.3 is 19.1 Å². The number of benzene rings is 3. The molecule has 1 fully saturated rings. The largest absolute Gasteiger partial charge is 0.494 e. The van der Waals surface area contributed by atoms with Crippen LogP contribution in [-0.4, -0.2) is 24.3 Å². The molecule has 0 unspecified atom stereocenters. The van der Waals surface area contributed by atoms with Gasteiger partial charge in [0.25, 0.3) is 0 Å². The molecule has 0 bridgehead atoms. The van der Waals surface area contributed by atoms with Crippen molar-refractivity contribution in [3.8, 4) is 23.3 Å². The number of hydrogen-bond acceptors (Lipinski definition) is 5. The minimum Gasteiger partial charge on any atom is -0.494 e. The maximum Gasteiger partial charge on any atom is 0.345 e. The standard InChI is InChI=1S/C36H39NO5/c1-4-23-40-31-19-15-28(16-20-31)10-9-27-11-13-29(14-12-27)25-37(34(38)22-17-26-7-5-6-8-26)30-18-21-32-33(24-30)41-36(2,3)42-35(32)39/h11-16,18-21,24,26H,4-8,17,22-23,25H2,1-3H3. The number of carbonyl (C=O) groups excluding carboxylic acids is 2. The Labute approximate surface area is 249 Å². The Morgan fingerprint density at radius 1 is 0.952 bits per heavy atom. The van der Waals surface area contributed by atoms with Gasteiger partial charge in [0.2, 0.25) is 11.7 Å². The van der Waals surface area contributed by atoms with E-state index >= 15 is 0 Å². The van der Waals surface area contributed by atoms with Crippen molar-refractivity contribution in [3.05, 3.63) is 89.0 Å². The van der Waals surface area contributed by atoms with Crippen LogP contribution in [0.15, 0.2) is 66.7 Å². The van der Waals surface area contributed by atoms with Crippen LogP contribution in [0.2, 0.25) is 0 Å². The second kappa shape index (κ2) is 13.2. The van der Waals surface area contributed by atoms with E-state index in [4.69, 9.17) is 14.2 Å². The molecule has 0 atom stereocenters. The number of amides is 1. The summed E-state index contributed by atoms with van der Waals surface area (Å²) in [6, 6.07) is 21.1. The van der Waals surface area contributed by atoms with Gasteiger partial charge in [-0.3, -0.25) is 4.79 Å². The zero-order valence-corrected chi connectivity index (χ0v) is 24.8. The van der Waals surface area contributed by atoms with Crippen molar-refractivity contribution in [3.63, 3.8) is 0 Å². The maximum atomic E-state index is 13.6. The van der Waals surface area contributed by atoms with Crippen molar-refractivity contribution in [2.75, 3.05) is 11.5 Å². The summed E-state index contributed by atoms with van der Waals surface area (Å²) >= 11 is 0. The Morgan fingerprint density at radius 3 is 2.29 bits per heavy atom. The molecule has 5 rings (SSSR count). The molecule has 1 amide bonds. The maximum absolute atomic E-state index is 13.6. The molecule has 3 aromatic rings. The summed E-state index contributed by atoms with van der Waals surface area (Å²) < 4.78 is 17.0. The van der Waals surface area contributed by atoms with Crippen molar-refractivity contribution in [1.29, 1.82) is 0 Å². The second-order valence-corrected chi connectivity index (χ2v) is 11.6. The number of carbonyl (C=O) groups is 2. The minimum atomic E-state index is -1.07. The monoisotopic (exact) mass is 565 g/mol. The van der Waals surface area contributed by atoms with Gasteiger partial charge in [-0.1, -0.05) is 56.6 Å². The number of anilines is 1. The third-order valence-electron chi connectivity index (χ3n) is 7.71. The fourth-order valence-electron chi connectivity index (χ4n) is 5.46. The molecule has 2 aliphatic rings. The fourth-order valence-corrected chi connectivity index (χ4v) is 5.46. The lowest BCUT2D eigenvalue weighted by atomic mass is 10.0. The number of cyclic esters (lactones) is 1. The summed E-state index contributed by atoms with van der Waals surface area (Å²) in [5.41, 5.74) is 3.87. The predicted molar refractivity (Wildman–Crippen MR) is 164 cm³/mol. The van der Waals surface area contributed by atoms with E-state index < -0.39 is 11.8 Å². The summed E-state index contributed by atoms with van der Waals surface area (Å²) in [5, 5.41) is 0. The molecule has 0 radical (unpaired) electrons. The molecule has 1 aliphatic heterocycles. The van der Waals surface area contributed by atoms with Crippen LogP contribution in [0.4, 0.5) is 5.69 Å². The summed E-state index contributed by atoms with van der Waals surface area (Å²) in [6.45, 7) is 6.59. The Balaban J connectivity index is 1.32. The smallest absolute Gasteiger partial charge is 0.345 e. The van der Waals surface area contributed by atoms with Gasteiger partial charge in [0.15, 0.2) is 0 Å². The average Bonchev–Trinajstić information content (AvgIpc) is 3.50. The van der Waals surface area contributed by atoms with Crippen LogP contribution >= 0.6 is 0 Å². The van der Waals surface area contributed by atoms with E-state index in [0.717, 1.165) is 35.3 Å². The Bertz CT molecular complexity index is 1460. The molecule has 0 spiro atoms. The first-order valence-electron chi connectivity index (χ1n) is 15.0. The lowest BCUT2D eigenvalue weighted by Crippen LogP contribution is -2.39. The highest BCUT2D eigenvalue weighted by molar-refractivity contribution is 5.97. The average molecular weight is 566 g/mol. The number of hydrogen-bond donors (Lipinski definition) is 0. The number of rotatable bonds is 9. The van der Waals surface area contributed by atoms with Gasteiger partial charge in [0.1, 0.15) is 17.1 Å². The lowest BCUT2D eigenvalue weighted by molar-refractivity contribution is -0.127. The van der Waals surface area contributed by atoms with Gasteiger partial charge >= 0.3 is 5.97 Å². The van der Waals surface area contributed by atoms with Crippen molar-refractivity contribution in [2.24, 2.45) is 5.92 Å². The van der Waals surface area contributed by atoms with Gasteiger partial charge in [-0.15, -0.1) is 0 Å². The predicted octanol–water partition coefficient (Wildman–Crippen LogP) is 7.66. The van der Waals surface area contributed by atoms with Gasteiger partial charge in [0.05, 0.1) is 13.2 Å². The van der Waals surface area contributed by atoms with Crippen molar-refractivity contribution in [1.82, 2.24) is 0 Å². The van der Waals surface area contributed by atoms with Gasteiger partial charge in [0, 0.05) is 43.1 Å². The highest BCUT2D eigenvalue weighted by atomic mass is 16.7. The van der Waals surface area contributed by atoms with Crippen LogP contribution in [0.3, 0.4) is 0 Å². The van der Waals surface area contributed by atoms with Crippen LogP contribution in [-0.2, 0) is 16.1 Å². The molecule has 218 valence electrons. The Kier molecular flexibility index (Phi) is 9.17. The highest BCUT2D eigenvalue weighted by Gasteiger charge is 2.34. The van der Waals surface area contributed by atoms with Crippen molar-refractivity contribution in [2.45, 2.75) is 78.0 Å². The highest BCUT2D eigenvalue weighted by Crippen LogP contribution is 2.35. The quantitative estimate of drug-likeness (QED) is 0.197. The second-order valence-electron chi connectivity index (χ2n) is 11.6. The molecule has 1 saturated carbocycles. The molecule has 6 heteroatoms. The molecule has 0 aromatic heterocycles. The van der Waals surface area contributed by atoms with Gasteiger partial charge in [-0.2, -0.15) is 0 Å². The van der Waals surface area contributed by atoms with E-state index in [1.807, 2.05) is 48.5 Å². The van der Waals surface area contributed by atoms with E-state index in [-0.39, 0.29) is 5.91 Å². The van der Waals surface area contributed by atoms with E-state index in [0.29, 0.717) is 42.5 Å². The first-order valence-corrected chi connectivity index (χ1v) is 15.0. The molecule has 6 nitrogen and oxygen atoms in total. The van der Waals surface area contributed by atoms with E-state index in [9.17, 15) is 9.59 Å². The Hall–Kier alpha value is -4.24. The number of esters is 1. The lowest BCUT2D eigenvalue weighted by Gasteiger charge is -2.32. The van der Waals surface area contributed by atoms with Crippen LogP contribution in [0.25, 0.3) is 0 Å². The van der Waals surface area contributed by atoms with Gasteiger partial charge in [-0.25, -0.2) is 4.79 Å². The molecule has 0 saturated heterocycles. The Morgan fingerprint density at radius 2 is 1.62 bits per heavy atom. The van der Waals surface area contributed by atoms with Crippen molar-refractivity contribution >= 4 is 17.6 Å². The molecule has 0 N–H and O–H groups in total. The minimum absolute atomic E-state index is 0.0646. The SMILES string of the molecule is CCCOc1ccc(C#Cc2ccc(CN(C(=O)CCC3CCCC3)c3ccc4c(c3)OC(C)(C)OC4=O)cc2)cc1. The zero-order valence-electron chi connectivity index (χ0n) is 24.8. The van der Waals surface area contributed by atoms with Crippen molar-refractivity contribution < 1.29 is 23.8 Å². The third kappa shape index (κ3) is 7.53. The van der Waals surface area contributed by atoms with Crippen LogP contribution in [0.1, 0.15) is 92.8 Å². The molecule has 1 heterocycles. The molecule has 42 heavy (non-hydrogen) atoms. The number of nitrogens with zero attached hydrogens (tertiary/aromatic N) is 1. The molecular weight excluding hydrogens is 526 g/mol. The first kappa shape index (κ1) is 29.3. The van der Waals surface area contributed by atoms with E-state index in [1.54, 1.807) is 36.9 Å². The topological polar surface area (TPSA) is 65.1 Å². The third-order valence-corrected chi connectivity index (χ3v) is 7.71. The summed E-state index contributed by atoms with van der Waals surface area (Å²) in [5.74, 6) is 6.90. The molecular formula is C36H39NO5. The summed E-state index contributed by atoms with van der Waals surface area (Å²) in [7, 11) is 0. The van der Waals surface area contributed by atoms with E-state index in [2.05, 4.69) is 18.8 Å². The first-order chi connectivity index (χ1) is 20.3. The van der Waals surface area contributed by atoms with Gasteiger partial charge in [-0.05, 0) is 72.9 Å². The normalized spacial score (nSPS) is 15.5. The molecule has 1 aliphatic carbocycles. The zero-order chi connectivity index (χ0) is 29.5. The summed E-state index contributed by atoms with van der Waals surface area (Å²) in [6.07, 6.45) is 7.28. The fraction of sp³-hybridized carbons (Fsp3) is 0.389. The summed E-state index contributed by atoms with van der Waals surface area (Å²) in [4.78, 5) is 27.9. The number of ether oxygens (including phenoxy) is 3. The van der Waals surface area contributed by atoms with E-state index in [1.165, 1.54) is 25.7 Å². The number of fused-ring (bicyclic) bond motifs is 1. The molecule has 3 aromatic carbocycles.